The molecule has 5 nitrogen and oxygen atoms in total. The SMILES string of the molecule is CNCCOC(=O)CCN1C(=O)/C(=C\c2cccs2)SC1=S. The van der Waals surface area contributed by atoms with Gasteiger partial charge in [0.25, 0.3) is 5.91 Å². The summed E-state index contributed by atoms with van der Waals surface area (Å²) in [6.07, 6.45) is 1.97. The molecule has 118 valence electrons. The van der Waals surface area contributed by atoms with Gasteiger partial charge in [-0.05, 0) is 24.6 Å². The van der Waals surface area contributed by atoms with Gasteiger partial charge in [0.05, 0.1) is 11.3 Å². The van der Waals surface area contributed by atoms with E-state index in [9.17, 15) is 9.59 Å². The third kappa shape index (κ3) is 4.64. The van der Waals surface area contributed by atoms with Crippen LogP contribution in [0.4, 0.5) is 0 Å². The molecule has 1 N–H and O–H groups in total. The zero-order chi connectivity index (χ0) is 15.9. The molecule has 1 aliphatic rings. The van der Waals surface area contributed by atoms with Gasteiger partial charge in [-0.15, -0.1) is 11.3 Å². The van der Waals surface area contributed by atoms with Crippen molar-refractivity contribution in [2.24, 2.45) is 0 Å². The summed E-state index contributed by atoms with van der Waals surface area (Å²) in [7, 11) is 1.79. The van der Waals surface area contributed by atoms with E-state index in [0.29, 0.717) is 22.4 Å². The standard InChI is InChI=1S/C14H16N2O3S3/c1-15-5-7-19-12(17)4-6-16-13(18)11(22-14(16)20)9-10-3-2-8-21-10/h2-3,8-9,15H,4-7H2,1H3/b11-9+. The molecule has 1 aromatic rings. The first-order chi connectivity index (χ1) is 10.6. The fraction of sp³-hybridized carbons (Fsp3) is 0.357. The molecular formula is C14H16N2O3S3. The molecule has 1 aliphatic heterocycles. The zero-order valence-corrected chi connectivity index (χ0v) is 14.5. The Hall–Kier alpha value is -1.22. The first-order valence-electron chi connectivity index (χ1n) is 6.71. The number of thioether (sulfide) groups is 1. The third-order valence-corrected chi connectivity index (χ3v) is 5.04. The molecule has 0 radical (unpaired) electrons. The largest absolute Gasteiger partial charge is 0.464 e. The number of thiocarbonyl (C=S) groups is 1. The average molecular weight is 356 g/mol. The summed E-state index contributed by atoms with van der Waals surface area (Å²) in [6, 6.07) is 3.87. The smallest absolute Gasteiger partial charge is 0.307 e. The van der Waals surface area contributed by atoms with E-state index in [4.69, 9.17) is 17.0 Å². The lowest BCUT2D eigenvalue weighted by Gasteiger charge is -2.13. The number of nitrogens with one attached hydrogen (secondary N) is 1. The van der Waals surface area contributed by atoms with Crippen molar-refractivity contribution >= 4 is 57.6 Å². The predicted molar refractivity (Wildman–Crippen MR) is 93.7 cm³/mol. The molecule has 0 bridgehead atoms. The molecule has 0 atom stereocenters. The van der Waals surface area contributed by atoms with Crippen LogP contribution in [0.5, 0.6) is 0 Å². The van der Waals surface area contributed by atoms with Gasteiger partial charge in [-0.1, -0.05) is 30.0 Å². The summed E-state index contributed by atoms with van der Waals surface area (Å²) < 4.78 is 5.50. The van der Waals surface area contributed by atoms with Crippen molar-refractivity contribution in [3.63, 3.8) is 0 Å². The van der Waals surface area contributed by atoms with E-state index >= 15 is 0 Å². The minimum Gasteiger partial charge on any atom is -0.464 e. The van der Waals surface area contributed by atoms with E-state index in [2.05, 4.69) is 5.32 Å². The Kier molecular flexibility index (Phi) is 6.56. The van der Waals surface area contributed by atoms with Crippen molar-refractivity contribution in [1.82, 2.24) is 10.2 Å². The van der Waals surface area contributed by atoms with Crippen LogP contribution in [0.1, 0.15) is 11.3 Å². The van der Waals surface area contributed by atoms with Crippen molar-refractivity contribution in [2.45, 2.75) is 6.42 Å². The van der Waals surface area contributed by atoms with Crippen LogP contribution in [0.2, 0.25) is 0 Å². The number of hydrogen-bond acceptors (Lipinski definition) is 7. The topological polar surface area (TPSA) is 58.6 Å². The number of ether oxygens (including phenoxy) is 1. The fourth-order valence-corrected chi connectivity index (χ4v) is 3.77. The van der Waals surface area contributed by atoms with Gasteiger partial charge >= 0.3 is 5.97 Å². The van der Waals surface area contributed by atoms with Crippen LogP contribution in [0.3, 0.4) is 0 Å². The molecule has 0 spiro atoms. The number of esters is 1. The van der Waals surface area contributed by atoms with Gasteiger partial charge in [-0.25, -0.2) is 0 Å². The number of nitrogens with zero attached hydrogens (tertiary/aromatic N) is 1. The van der Waals surface area contributed by atoms with Crippen LogP contribution >= 0.6 is 35.3 Å². The van der Waals surface area contributed by atoms with Crippen molar-refractivity contribution in [3.05, 3.63) is 27.3 Å². The predicted octanol–water partition coefficient (Wildman–Crippen LogP) is 2.10. The van der Waals surface area contributed by atoms with Crippen LogP contribution in [0, 0.1) is 0 Å². The third-order valence-electron chi connectivity index (χ3n) is 2.84. The minimum atomic E-state index is -0.327. The number of amides is 1. The van der Waals surface area contributed by atoms with Crippen molar-refractivity contribution in [1.29, 1.82) is 0 Å². The number of rotatable bonds is 7. The maximum Gasteiger partial charge on any atom is 0.307 e. The number of likely N-dealkylation sites (N-methyl/N-ethyl adjacent to an activating group) is 1. The molecular weight excluding hydrogens is 340 g/mol. The average Bonchev–Trinajstić information content (AvgIpc) is 3.08. The molecule has 8 heteroatoms. The number of hydrogen-bond donors (Lipinski definition) is 1. The second kappa shape index (κ2) is 8.42. The zero-order valence-electron chi connectivity index (χ0n) is 12.0. The highest BCUT2D eigenvalue weighted by atomic mass is 32.2. The number of carbonyl (C=O) groups excluding carboxylic acids is 2. The molecule has 2 heterocycles. The monoisotopic (exact) mass is 356 g/mol. The highest BCUT2D eigenvalue weighted by Gasteiger charge is 2.32. The Labute approximate surface area is 142 Å². The van der Waals surface area contributed by atoms with Gasteiger partial charge in [0.15, 0.2) is 0 Å². The van der Waals surface area contributed by atoms with Gasteiger partial charge in [0.2, 0.25) is 0 Å². The van der Waals surface area contributed by atoms with E-state index in [0.717, 1.165) is 4.88 Å². The normalized spacial score (nSPS) is 16.6. The van der Waals surface area contributed by atoms with Crippen LogP contribution in [0.15, 0.2) is 22.4 Å². The van der Waals surface area contributed by atoms with E-state index in [1.54, 1.807) is 18.4 Å². The molecule has 0 unspecified atom stereocenters. The molecule has 2 rings (SSSR count). The summed E-state index contributed by atoms with van der Waals surface area (Å²) in [5, 5.41) is 4.84. The Bertz CT molecular complexity index is 584. The molecule has 1 amide bonds. The molecule has 22 heavy (non-hydrogen) atoms. The van der Waals surface area contributed by atoms with Gasteiger partial charge in [-0.3, -0.25) is 14.5 Å². The summed E-state index contributed by atoms with van der Waals surface area (Å²) in [5.41, 5.74) is 0. The maximum absolute atomic E-state index is 12.3. The van der Waals surface area contributed by atoms with E-state index in [-0.39, 0.29) is 24.8 Å². The molecule has 0 aliphatic carbocycles. The Balaban J connectivity index is 1.88. The maximum atomic E-state index is 12.3. The van der Waals surface area contributed by atoms with Gasteiger partial charge in [0, 0.05) is 18.0 Å². The number of carbonyl (C=O) groups is 2. The lowest BCUT2D eigenvalue weighted by Crippen LogP contribution is -2.31. The second-order valence-electron chi connectivity index (χ2n) is 4.42. The van der Waals surface area contributed by atoms with Crippen molar-refractivity contribution < 1.29 is 14.3 Å². The van der Waals surface area contributed by atoms with E-state index < -0.39 is 0 Å². The molecule has 1 fully saturated rings. The number of thiophene rings is 1. The highest BCUT2D eigenvalue weighted by Crippen LogP contribution is 2.33. The van der Waals surface area contributed by atoms with E-state index in [1.807, 2.05) is 23.6 Å². The van der Waals surface area contributed by atoms with Crippen molar-refractivity contribution in [3.8, 4) is 0 Å². The minimum absolute atomic E-state index is 0.141. The van der Waals surface area contributed by atoms with Gasteiger partial charge < -0.3 is 10.1 Å². The summed E-state index contributed by atoms with van der Waals surface area (Å²) >= 11 is 8.04. The lowest BCUT2D eigenvalue weighted by molar-refractivity contribution is -0.143. The first kappa shape index (κ1) is 17.1. The Morgan fingerprint density at radius 1 is 1.55 bits per heavy atom. The quantitative estimate of drug-likeness (QED) is 0.349. The molecule has 1 saturated heterocycles. The Morgan fingerprint density at radius 2 is 2.36 bits per heavy atom. The van der Waals surface area contributed by atoms with Gasteiger partial charge in [-0.2, -0.15) is 0 Å². The summed E-state index contributed by atoms with van der Waals surface area (Å²) in [4.78, 5) is 26.9. The first-order valence-corrected chi connectivity index (χ1v) is 8.81. The lowest BCUT2D eigenvalue weighted by atomic mass is 10.3. The van der Waals surface area contributed by atoms with E-state index in [1.165, 1.54) is 16.7 Å². The highest BCUT2D eigenvalue weighted by molar-refractivity contribution is 8.26. The second-order valence-corrected chi connectivity index (χ2v) is 7.08. The van der Waals surface area contributed by atoms with Gasteiger partial charge in [0.1, 0.15) is 10.9 Å². The van der Waals surface area contributed by atoms with Crippen LogP contribution < -0.4 is 5.32 Å². The molecule has 0 aromatic carbocycles. The molecule has 0 saturated carbocycles. The van der Waals surface area contributed by atoms with Crippen LogP contribution in [-0.4, -0.2) is 47.8 Å². The summed E-state index contributed by atoms with van der Waals surface area (Å²) in [6.45, 7) is 1.19. The Morgan fingerprint density at radius 3 is 3.05 bits per heavy atom. The van der Waals surface area contributed by atoms with Crippen LogP contribution in [0.25, 0.3) is 6.08 Å². The van der Waals surface area contributed by atoms with Crippen molar-refractivity contribution in [2.75, 3.05) is 26.7 Å². The molecule has 1 aromatic heterocycles. The summed E-state index contributed by atoms with van der Waals surface area (Å²) in [5.74, 6) is -0.474. The van der Waals surface area contributed by atoms with Crippen LogP contribution in [-0.2, 0) is 14.3 Å². The fourth-order valence-electron chi connectivity index (χ4n) is 1.74.